The van der Waals surface area contributed by atoms with Crippen molar-refractivity contribution in [2.75, 3.05) is 32.8 Å². The molecule has 0 spiro atoms. The predicted octanol–water partition coefficient (Wildman–Crippen LogP) is 2.69. The standard InChI is InChI=1S/C13H17BrFNO2/c1-2-16-5-6-17-11(8-16)9-18-10-3-4-13(15)12(14)7-10/h3-4,7,11H,2,5-6,8-9H2,1H3. The molecular formula is C13H17BrFNO2. The fourth-order valence-corrected chi connectivity index (χ4v) is 2.28. The first kappa shape index (κ1) is 13.8. The van der Waals surface area contributed by atoms with Crippen LogP contribution in [0.2, 0.25) is 0 Å². The zero-order valence-electron chi connectivity index (χ0n) is 10.4. The Labute approximate surface area is 115 Å². The van der Waals surface area contributed by atoms with Crippen LogP contribution in [0.1, 0.15) is 6.92 Å². The Morgan fingerprint density at radius 3 is 3.11 bits per heavy atom. The van der Waals surface area contributed by atoms with Gasteiger partial charge < -0.3 is 9.47 Å². The SMILES string of the molecule is CCN1CCOC(COc2ccc(F)c(Br)c2)C1. The molecule has 0 saturated carbocycles. The Kier molecular flexibility index (Phi) is 4.97. The van der Waals surface area contributed by atoms with E-state index in [9.17, 15) is 4.39 Å². The summed E-state index contributed by atoms with van der Waals surface area (Å²) in [6.07, 6.45) is 0.0857. The van der Waals surface area contributed by atoms with E-state index in [0.717, 1.165) is 26.2 Å². The molecular weight excluding hydrogens is 301 g/mol. The summed E-state index contributed by atoms with van der Waals surface area (Å²) in [7, 11) is 0. The zero-order chi connectivity index (χ0) is 13.0. The minimum atomic E-state index is -0.284. The van der Waals surface area contributed by atoms with Gasteiger partial charge in [0.05, 0.1) is 11.1 Å². The maximum Gasteiger partial charge on any atom is 0.137 e. The molecule has 1 aromatic carbocycles. The predicted molar refractivity (Wildman–Crippen MR) is 71.4 cm³/mol. The molecule has 1 atom stereocenters. The summed E-state index contributed by atoms with van der Waals surface area (Å²) in [5.41, 5.74) is 0. The number of morpholine rings is 1. The monoisotopic (exact) mass is 317 g/mol. The van der Waals surface area contributed by atoms with Crippen molar-refractivity contribution in [3.63, 3.8) is 0 Å². The molecule has 0 bridgehead atoms. The van der Waals surface area contributed by atoms with Crippen molar-refractivity contribution in [2.24, 2.45) is 0 Å². The minimum absolute atomic E-state index is 0.0857. The van der Waals surface area contributed by atoms with Crippen LogP contribution < -0.4 is 4.74 Å². The third-order valence-electron chi connectivity index (χ3n) is 3.00. The molecule has 1 aliphatic heterocycles. The van der Waals surface area contributed by atoms with E-state index in [4.69, 9.17) is 9.47 Å². The number of likely N-dealkylation sites (N-methyl/N-ethyl adjacent to an activating group) is 1. The molecule has 1 unspecified atom stereocenters. The molecule has 3 nitrogen and oxygen atoms in total. The first-order chi connectivity index (χ1) is 8.69. The fourth-order valence-electron chi connectivity index (χ4n) is 1.92. The van der Waals surface area contributed by atoms with E-state index < -0.39 is 0 Å². The molecule has 0 aliphatic carbocycles. The number of hydrogen-bond acceptors (Lipinski definition) is 3. The van der Waals surface area contributed by atoms with Gasteiger partial charge >= 0.3 is 0 Å². The van der Waals surface area contributed by atoms with E-state index in [1.807, 2.05) is 0 Å². The van der Waals surface area contributed by atoms with Crippen molar-refractivity contribution in [2.45, 2.75) is 13.0 Å². The lowest BCUT2D eigenvalue weighted by molar-refractivity contribution is -0.0464. The van der Waals surface area contributed by atoms with Crippen molar-refractivity contribution in [1.29, 1.82) is 0 Å². The molecule has 1 heterocycles. The molecule has 1 aromatic rings. The molecule has 1 fully saturated rings. The fraction of sp³-hybridized carbons (Fsp3) is 0.538. The summed E-state index contributed by atoms with van der Waals surface area (Å²) in [5.74, 6) is 0.369. The van der Waals surface area contributed by atoms with Gasteiger partial charge in [0, 0.05) is 13.1 Å². The van der Waals surface area contributed by atoms with Gasteiger partial charge in [-0.05, 0) is 40.7 Å². The van der Waals surface area contributed by atoms with Crippen LogP contribution in [0.4, 0.5) is 4.39 Å². The third-order valence-corrected chi connectivity index (χ3v) is 3.60. The number of benzene rings is 1. The van der Waals surface area contributed by atoms with Crippen LogP contribution in [-0.2, 0) is 4.74 Å². The van der Waals surface area contributed by atoms with Gasteiger partial charge in [0.1, 0.15) is 24.3 Å². The van der Waals surface area contributed by atoms with Crippen LogP contribution in [0, 0.1) is 5.82 Å². The summed E-state index contributed by atoms with van der Waals surface area (Å²) in [5, 5.41) is 0. The first-order valence-corrected chi connectivity index (χ1v) is 6.90. The minimum Gasteiger partial charge on any atom is -0.491 e. The van der Waals surface area contributed by atoms with Crippen molar-refractivity contribution in [3.05, 3.63) is 28.5 Å². The van der Waals surface area contributed by atoms with Gasteiger partial charge in [-0.15, -0.1) is 0 Å². The average Bonchev–Trinajstić information content (AvgIpc) is 2.40. The Morgan fingerprint density at radius 1 is 1.56 bits per heavy atom. The molecule has 0 amide bonds. The lowest BCUT2D eigenvalue weighted by atomic mass is 10.3. The highest BCUT2D eigenvalue weighted by Crippen LogP contribution is 2.22. The highest BCUT2D eigenvalue weighted by atomic mass is 79.9. The van der Waals surface area contributed by atoms with Crippen molar-refractivity contribution < 1.29 is 13.9 Å². The van der Waals surface area contributed by atoms with Crippen LogP contribution in [-0.4, -0.2) is 43.9 Å². The van der Waals surface area contributed by atoms with Gasteiger partial charge in [-0.3, -0.25) is 4.90 Å². The van der Waals surface area contributed by atoms with Crippen LogP contribution in [0.3, 0.4) is 0 Å². The van der Waals surface area contributed by atoms with Crippen LogP contribution >= 0.6 is 15.9 Å². The van der Waals surface area contributed by atoms with E-state index in [1.165, 1.54) is 6.07 Å². The van der Waals surface area contributed by atoms with E-state index in [0.29, 0.717) is 16.8 Å². The normalized spacial score (nSPS) is 20.9. The molecule has 0 N–H and O–H groups in total. The molecule has 18 heavy (non-hydrogen) atoms. The second-order valence-electron chi connectivity index (χ2n) is 4.27. The second-order valence-corrected chi connectivity index (χ2v) is 5.13. The lowest BCUT2D eigenvalue weighted by Gasteiger charge is -2.31. The summed E-state index contributed by atoms with van der Waals surface area (Å²) >= 11 is 3.14. The Morgan fingerprint density at radius 2 is 2.39 bits per heavy atom. The van der Waals surface area contributed by atoms with Gasteiger partial charge in [0.2, 0.25) is 0 Å². The second kappa shape index (κ2) is 6.50. The van der Waals surface area contributed by atoms with Gasteiger partial charge in [0.15, 0.2) is 0 Å². The summed E-state index contributed by atoms with van der Waals surface area (Å²) < 4.78 is 24.7. The summed E-state index contributed by atoms with van der Waals surface area (Å²) in [4.78, 5) is 2.33. The Hall–Kier alpha value is -0.650. The first-order valence-electron chi connectivity index (χ1n) is 6.11. The quantitative estimate of drug-likeness (QED) is 0.852. The van der Waals surface area contributed by atoms with Gasteiger partial charge in [-0.2, -0.15) is 0 Å². The van der Waals surface area contributed by atoms with Crippen molar-refractivity contribution in [1.82, 2.24) is 4.90 Å². The highest BCUT2D eigenvalue weighted by molar-refractivity contribution is 9.10. The van der Waals surface area contributed by atoms with Crippen LogP contribution in [0.15, 0.2) is 22.7 Å². The number of nitrogens with zero attached hydrogens (tertiary/aromatic N) is 1. The van der Waals surface area contributed by atoms with E-state index >= 15 is 0 Å². The Balaban J connectivity index is 1.85. The summed E-state index contributed by atoms with van der Waals surface area (Å²) in [6, 6.07) is 4.65. The molecule has 100 valence electrons. The van der Waals surface area contributed by atoms with Crippen molar-refractivity contribution >= 4 is 15.9 Å². The zero-order valence-corrected chi connectivity index (χ0v) is 12.0. The maximum atomic E-state index is 13.1. The number of halogens is 2. The topological polar surface area (TPSA) is 21.7 Å². The van der Waals surface area contributed by atoms with E-state index in [1.54, 1.807) is 12.1 Å². The molecule has 1 saturated heterocycles. The number of hydrogen-bond donors (Lipinski definition) is 0. The number of rotatable bonds is 4. The Bertz CT molecular complexity index is 403. The number of ether oxygens (including phenoxy) is 2. The smallest absolute Gasteiger partial charge is 0.137 e. The maximum absolute atomic E-state index is 13.1. The molecule has 0 radical (unpaired) electrons. The molecule has 0 aromatic heterocycles. The molecule has 1 aliphatic rings. The van der Waals surface area contributed by atoms with Crippen LogP contribution in [0.25, 0.3) is 0 Å². The third kappa shape index (κ3) is 3.67. The van der Waals surface area contributed by atoms with Gasteiger partial charge in [-0.25, -0.2) is 4.39 Å². The van der Waals surface area contributed by atoms with Gasteiger partial charge in [0.25, 0.3) is 0 Å². The van der Waals surface area contributed by atoms with Crippen molar-refractivity contribution in [3.8, 4) is 5.75 Å². The van der Waals surface area contributed by atoms with E-state index in [2.05, 4.69) is 27.8 Å². The largest absolute Gasteiger partial charge is 0.491 e. The lowest BCUT2D eigenvalue weighted by Crippen LogP contribution is -2.44. The molecule has 2 rings (SSSR count). The molecule has 5 heteroatoms. The van der Waals surface area contributed by atoms with E-state index in [-0.39, 0.29) is 11.9 Å². The average molecular weight is 318 g/mol. The summed E-state index contributed by atoms with van der Waals surface area (Å²) in [6.45, 7) is 6.28. The van der Waals surface area contributed by atoms with Gasteiger partial charge in [-0.1, -0.05) is 6.92 Å². The van der Waals surface area contributed by atoms with Crippen LogP contribution in [0.5, 0.6) is 5.75 Å². The highest BCUT2D eigenvalue weighted by Gasteiger charge is 2.19.